The lowest BCUT2D eigenvalue weighted by Gasteiger charge is -2.41. The van der Waals surface area contributed by atoms with E-state index < -0.39 is 47.0 Å². The zero-order chi connectivity index (χ0) is 31.1. The van der Waals surface area contributed by atoms with E-state index in [1.54, 1.807) is 9.80 Å². The summed E-state index contributed by atoms with van der Waals surface area (Å²) in [5.41, 5.74) is -3.87. The summed E-state index contributed by atoms with van der Waals surface area (Å²) in [6.45, 7) is 0.994. The Morgan fingerprint density at radius 1 is 1.05 bits per heavy atom. The van der Waals surface area contributed by atoms with Gasteiger partial charge in [0.05, 0.1) is 54.9 Å². The van der Waals surface area contributed by atoms with Crippen molar-refractivity contribution in [1.82, 2.24) is 20.1 Å². The van der Waals surface area contributed by atoms with Crippen molar-refractivity contribution in [1.29, 1.82) is 0 Å². The van der Waals surface area contributed by atoms with Gasteiger partial charge in [0.1, 0.15) is 5.56 Å². The molecule has 2 saturated heterocycles. The molecule has 0 aromatic carbocycles. The highest BCUT2D eigenvalue weighted by Crippen LogP contribution is 2.39. The fraction of sp³-hybridized carbons (Fsp3) is 0.577. The topological polar surface area (TPSA) is 115 Å². The zero-order valence-corrected chi connectivity index (χ0v) is 23.0. The van der Waals surface area contributed by atoms with Crippen molar-refractivity contribution in [3.05, 3.63) is 39.9 Å². The van der Waals surface area contributed by atoms with Gasteiger partial charge in [-0.3, -0.25) is 14.4 Å². The first-order chi connectivity index (χ1) is 20.3. The molecule has 1 N–H and O–H groups in total. The highest BCUT2D eigenvalue weighted by molar-refractivity contribution is 5.98. The van der Waals surface area contributed by atoms with E-state index in [0.717, 1.165) is 23.4 Å². The number of anilines is 3. The first kappa shape index (κ1) is 30.6. The van der Waals surface area contributed by atoms with E-state index in [1.807, 2.05) is 5.10 Å². The van der Waals surface area contributed by atoms with E-state index in [9.17, 15) is 40.7 Å². The van der Waals surface area contributed by atoms with Gasteiger partial charge in [0, 0.05) is 45.8 Å². The number of rotatable bonds is 6. The van der Waals surface area contributed by atoms with Crippen molar-refractivity contribution in [2.75, 3.05) is 61.1 Å². The molecule has 0 bridgehead atoms. The molecule has 5 rings (SSSR count). The molecule has 2 amide bonds. The SMILES string of the molecule is CN1C(=O)CC2CN(C(=O)CCOCC3CCCN3c3cn[nH]c(=O)c3C(F)(F)F)CCN2c2ncc(C(F)(F)F)cc21. The van der Waals surface area contributed by atoms with Crippen LogP contribution in [0.1, 0.15) is 36.8 Å². The summed E-state index contributed by atoms with van der Waals surface area (Å²) in [7, 11) is 1.39. The van der Waals surface area contributed by atoms with Gasteiger partial charge in [0.2, 0.25) is 11.8 Å². The number of aromatic nitrogens is 3. The quantitative estimate of drug-likeness (QED) is 0.389. The number of aromatic amines is 1. The number of H-pyrrole nitrogens is 1. The van der Waals surface area contributed by atoms with Crippen LogP contribution in [0.4, 0.5) is 43.5 Å². The standard InChI is InChI=1S/C26H29F6N7O4/c1-36-18-9-15(25(27,28)29)11-33-23(18)39-7-6-37(13-17(39)10-21(36)41)20(40)4-8-43-14-16-3-2-5-38(16)19-12-34-35-24(42)22(19)26(30,31)32/h9,11-12,16-17H,2-8,10,13-14H2,1H3,(H,35,42). The Morgan fingerprint density at radius 3 is 2.53 bits per heavy atom. The van der Waals surface area contributed by atoms with Crippen LogP contribution in [-0.2, 0) is 26.7 Å². The summed E-state index contributed by atoms with van der Waals surface area (Å²) in [6.07, 6.45) is -6.69. The average molecular weight is 618 g/mol. The number of nitrogens with one attached hydrogen (secondary N) is 1. The largest absolute Gasteiger partial charge is 0.423 e. The molecule has 2 atom stereocenters. The van der Waals surface area contributed by atoms with Crippen LogP contribution in [0.25, 0.3) is 0 Å². The van der Waals surface area contributed by atoms with Gasteiger partial charge < -0.3 is 24.3 Å². The number of ether oxygens (including phenoxy) is 1. The predicted octanol–water partition coefficient (Wildman–Crippen LogP) is 2.66. The summed E-state index contributed by atoms with van der Waals surface area (Å²) in [6, 6.07) is -0.0292. The number of amides is 2. The third-order valence-corrected chi connectivity index (χ3v) is 8.00. The lowest BCUT2D eigenvalue weighted by atomic mass is 10.1. The predicted molar refractivity (Wildman–Crippen MR) is 141 cm³/mol. The zero-order valence-electron chi connectivity index (χ0n) is 23.0. The third kappa shape index (κ3) is 6.26. The number of nitrogens with zero attached hydrogens (tertiary/aromatic N) is 6. The van der Waals surface area contributed by atoms with Gasteiger partial charge in [-0.1, -0.05) is 0 Å². The molecular weight excluding hydrogens is 588 g/mol. The van der Waals surface area contributed by atoms with Gasteiger partial charge in [0.15, 0.2) is 5.82 Å². The van der Waals surface area contributed by atoms with Crippen LogP contribution < -0.4 is 20.3 Å². The molecule has 2 aromatic heterocycles. The van der Waals surface area contributed by atoms with Crippen LogP contribution in [0.15, 0.2) is 23.3 Å². The maximum atomic E-state index is 13.5. The van der Waals surface area contributed by atoms with Gasteiger partial charge in [-0.25, -0.2) is 10.1 Å². The van der Waals surface area contributed by atoms with E-state index in [-0.39, 0.29) is 75.3 Å². The van der Waals surface area contributed by atoms with Crippen LogP contribution in [0.3, 0.4) is 0 Å². The molecule has 0 radical (unpaired) electrons. The molecule has 0 aliphatic carbocycles. The van der Waals surface area contributed by atoms with Crippen molar-refractivity contribution >= 4 is 29.0 Å². The smallest absolute Gasteiger partial charge is 0.379 e. The van der Waals surface area contributed by atoms with Crippen LogP contribution in [-0.4, -0.2) is 90.4 Å². The number of alkyl halides is 6. The number of hydrogen-bond acceptors (Lipinski definition) is 8. The molecule has 2 fully saturated rings. The van der Waals surface area contributed by atoms with Crippen molar-refractivity contribution in [2.45, 2.75) is 50.1 Å². The van der Waals surface area contributed by atoms with E-state index in [1.165, 1.54) is 11.9 Å². The Kier molecular flexibility index (Phi) is 8.28. The molecule has 17 heteroatoms. The number of hydrogen-bond donors (Lipinski definition) is 1. The van der Waals surface area contributed by atoms with E-state index in [4.69, 9.17) is 4.74 Å². The summed E-state index contributed by atoms with van der Waals surface area (Å²) < 4.78 is 86.1. The molecule has 0 spiro atoms. The number of carbonyl (C=O) groups excluding carboxylic acids is 2. The van der Waals surface area contributed by atoms with Gasteiger partial charge in [-0.05, 0) is 18.9 Å². The van der Waals surface area contributed by atoms with Crippen molar-refractivity contribution < 1.29 is 40.7 Å². The summed E-state index contributed by atoms with van der Waals surface area (Å²) >= 11 is 0. The molecule has 234 valence electrons. The van der Waals surface area contributed by atoms with E-state index in [2.05, 4.69) is 10.1 Å². The number of piperazine rings is 1. The maximum Gasteiger partial charge on any atom is 0.423 e. The molecule has 2 aromatic rings. The van der Waals surface area contributed by atoms with Crippen molar-refractivity contribution in [3.8, 4) is 0 Å². The normalized spacial score (nSPS) is 21.1. The molecule has 3 aliphatic heterocycles. The summed E-state index contributed by atoms with van der Waals surface area (Å²) in [5, 5.41) is 5.36. The van der Waals surface area contributed by atoms with Crippen LogP contribution in [0, 0.1) is 0 Å². The maximum absolute atomic E-state index is 13.5. The second kappa shape index (κ2) is 11.7. The minimum absolute atomic E-state index is 0.0000811. The van der Waals surface area contributed by atoms with E-state index in [0.29, 0.717) is 12.8 Å². The number of fused-ring (bicyclic) bond motifs is 3. The van der Waals surface area contributed by atoms with Crippen molar-refractivity contribution in [2.24, 2.45) is 0 Å². The second-order valence-electron chi connectivity index (χ2n) is 10.7. The second-order valence-corrected chi connectivity index (χ2v) is 10.7. The highest BCUT2D eigenvalue weighted by atomic mass is 19.4. The van der Waals surface area contributed by atoms with Crippen LogP contribution in [0.5, 0.6) is 0 Å². The first-order valence-corrected chi connectivity index (χ1v) is 13.6. The highest BCUT2D eigenvalue weighted by Gasteiger charge is 2.41. The summed E-state index contributed by atoms with van der Waals surface area (Å²) in [4.78, 5) is 47.6. The van der Waals surface area contributed by atoms with Crippen LogP contribution in [0.2, 0.25) is 0 Å². The Balaban J connectivity index is 1.18. The van der Waals surface area contributed by atoms with Crippen LogP contribution >= 0.6 is 0 Å². The van der Waals surface area contributed by atoms with Gasteiger partial charge >= 0.3 is 12.4 Å². The van der Waals surface area contributed by atoms with Gasteiger partial charge in [-0.15, -0.1) is 0 Å². The van der Waals surface area contributed by atoms with Crippen molar-refractivity contribution in [3.63, 3.8) is 0 Å². The Hall–Kier alpha value is -3.89. The molecule has 43 heavy (non-hydrogen) atoms. The lowest BCUT2D eigenvalue weighted by molar-refractivity contribution is -0.139. The Labute approximate surface area is 241 Å². The van der Waals surface area contributed by atoms with Gasteiger partial charge in [0.25, 0.3) is 5.56 Å². The molecule has 5 heterocycles. The minimum atomic E-state index is -4.86. The third-order valence-electron chi connectivity index (χ3n) is 8.00. The molecule has 3 aliphatic rings. The molecular formula is C26H29F6N7O4. The summed E-state index contributed by atoms with van der Waals surface area (Å²) in [5.74, 6) is -0.420. The molecule has 2 unspecified atom stereocenters. The number of halogens is 6. The minimum Gasteiger partial charge on any atom is -0.379 e. The first-order valence-electron chi connectivity index (χ1n) is 13.6. The fourth-order valence-corrected chi connectivity index (χ4v) is 5.82. The average Bonchev–Trinajstić information content (AvgIpc) is 3.38. The molecule has 0 saturated carbocycles. The Morgan fingerprint density at radius 2 is 1.81 bits per heavy atom. The number of pyridine rings is 1. The fourth-order valence-electron chi connectivity index (χ4n) is 5.82. The lowest BCUT2D eigenvalue weighted by Crippen LogP contribution is -2.55. The Bertz CT molecular complexity index is 1430. The molecule has 11 nitrogen and oxygen atoms in total. The number of carbonyl (C=O) groups is 2. The monoisotopic (exact) mass is 617 g/mol. The van der Waals surface area contributed by atoms with E-state index >= 15 is 0 Å². The van der Waals surface area contributed by atoms with Gasteiger partial charge in [-0.2, -0.15) is 31.4 Å².